The monoisotopic (exact) mass is 243 g/mol. The van der Waals surface area contributed by atoms with Gasteiger partial charge in [-0.2, -0.15) is 11.8 Å². The Labute approximate surface area is 96.8 Å². The molecule has 0 saturated heterocycles. The SMILES string of the molecule is CSC(C)COC(=O)Nc1ccnc(=O)[nH]1. The van der Waals surface area contributed by atoms with Crippen molar-refractivity contribution in [2.24, 2.45) is 0 Å². The molecule has 0 aromatic carbocycles. The Bertz CT molecular complexity index is 407. The molecule has 16 heavy (non-hydrogen) atoms. The van der Waals surface area contributed by atoms with E-state index in [0.29, 0.717) is 6.61 Å². The Balaban J connectivity index is 2.43. The second-order valence-electron chi connectivity index (χ2n) is 3.06. The Morgan fingerprint density at radius 3 is 3.12 bits per heavy atom. The predicted molar refractivity (Wildman–Crippen MR) is 62.8 cm³/mol. The zero-order valence-corrected chi connectivity index (χ0v) is 9.84. The van der Waals surface area contributed by atoms with Crippen LogP contribution in [0.5, 0.6) is 0 Å². The van der Waals surface area contributed by atoms with Crippen LogP contribution in [0.1, 0.15) is 6.92 Å². The first-order chi connectivity index (χ1) is 7.61. The van der Waals surface area contributed by atoms with E-state index in [9.17, 15) is 9.59 Å². The number of aromatic nitrogens is 2. The molecule has 1 unspecified atom stereocenters. The van der Waals surface area contributed by atoms with Crippen LogP contribution in [-0.2, 0) is 4.74 Å². The third kappa shape index (κ3) is 4.35. The zero-order valence-electron chi connectivity index (χ0n) is 9.02. The van der Waals surface area contributed by atoms with E-state index < -0.39 is 11.8 Å². The van der Waals surface area contributed by atoms with Gasteiger partial charge in [0.05, 0.1) is 0 Å². The lowest BCUT2D eigenvalue weighted by Gasteiger charge is -2.09. The average Bonchev–Trinajstić information content (AvgIpc) is 2.26. The summed E-state index contributed by atoms with van der Waals surface area (Å²) in [6.07, 6.45) is 2.65. The number of thioether (sulfide) groups is 1. The molecular weight excluding hydrogens is 230 g/mol. The first kappa shape index (κ1) is 12.6. The van der Waals surface area contributed by atoms with Gasteiger partial charge in [-0.25, -0.2) is 14.6 Å². The minimum atomic E-state index is -0.595. The number of hydrogen-bond donors (Lipinski definition) is 2. The van der Waals surface area contributed by atoms with Gasteiger partial charge in [0, 0.05) is 11.4 Å². The molecule has 0 fully saturated rings. The van der Waals surface area contributed by atoms with Crippen molar-refractivity contribution in [1.82, 2.24) is 9.97 Å². The van der Waals surface area contributed by atoms with E-state index in [1.165, 1.54) is 12.3 Å². The van der Waals surface area contributed by atoms with Gasteiger partial charge in [-0.3, -0.25) is 10.3 Å². The maximum absolute atomic E-state index is 11.3. The quantitative estimate of drug-likeness (QED) is 0.826. The van der Waals surface area contributed by atoms with E-state index in [1.807, 2.05) is 13.2 Å². The first-order valence-electron chi connectivity index (χ1n) is 4.63. The molecule has 1 rings (SSSR count). The predicted octanol–water partition coefficient (Wildman–Crippen LogP) is 1.07. The summed E-state index contributed by atoms with van der Waals surface area (Å²) >= 11 is 1.60. The number of anilines is 1. The number of nitrogens with one attached hydrogen (secondary N) is 2. The number of carbonyl (C=O) groups is 1. The highest BCUT2D eigenvalue weighted by Crippen LogP contribution is 2.05. The van der Waals surface area contributed by atoms with Crippen molar-refractivity contribution in [2.45, 2.75) is 12.2 Å². The minimum Gasteiger partial charge on any atom is -0.448 e. The molecule has 0 bridgehead atoms. The topological polar surface area (TPSA) is 84.1 Å². The smallest absolute Gasteiger partial charge is 0.412 e. The first-order valence-corrected chi connectivity index (χ1v) is 5.92. The van der Waals surface area contributed by atoms with Gasteiger partial charge in [0.15, 0.2) is 0 Å². The van der Waals surface area contributed by atoms with Crippen LogP contribution in [0.25, 0.3) is 0 Å². The van der Waals surface area contributed by atoms with Gasteiger partial charge in [-0.15, -0.1) is 0 Å². The van der Waals surface area contributed by atoms with Crippen molar-refractivity contribution in [2.75, 3.05) is 18.2 Å². The fraction of sp³-hybridized carbons (Fsp3) is 0.444. The van der Waals surface area contributed by atoms with Crippen molar-refractivity contribution >= 4 is 23.7 Å². The molecular formula is C9H13N3O3S. The lowest BCUT2D eigenvalue weighted by Crippen LogP contribution is -2.21. The molecule has 0 radical (unpaired) electrons. The van der Waals surface area contributed by atoms with Crippen LogP contribution in [0, 0.1) is 0 Å². The molecule has 0 spiro atoms. The fourth-order valence-corrected chi connectivity index (χ4v) is 1.05. The largest absolute Gasteiger partial charge is 0.448 e. The van der Waals surface area contributed by atoms with E-state index in [1.54, 1.807) is 11.8 Å². The van der Waals surface area contributed by atoms with Crippen molar-refractivity contribution in [1.29, 1.82) is 0 Å². The molecule has 7 heteroatoms. The van der Waals surface area contributed by atoms with Gasteiger partial charge >= 0.3 is 11.8 Å². The summed E-state index contributed by atoms with van der Waals surface area (Å²) in [7, 11) is 0. The average molecular weight is 243 g/mol. The third-order valence-corrected chi connectivity index (χ3v) is 2.70. The fourth-order valence-electron chi connectivity index (χ4n) is 0.849. The lowest BCUT2D eigenvalue weighted by molar-refractivity contribution is 0.163. The molecule has 0 aliphatic carbocycles. The molecule has 1 heterocycles. The highest BCUT2D eigenvalue weighted by molar-refractivity contribution is 7.99. The van der Waals surface area contributed by atoms with Crippen molar-refractivity contribution in [3.05, 3.63) is 22.7 Å². The van der Waals surface area contributed by atoms with Gasteiger partial charge in [0.1, 0.15) is 12.4 Å². The number of carbonyl (C=O) groups excluding carboxylic acids is 1. The van der Waals surface area contributed by atoms with E-state index in [-0.39, 0.29) is 11.1 Å². The summed E-state index contributed by atoms with van der Waals surface area (Å²) in [6, 6.07) is 1.47. The Kier molecular flexibility index (Phi) is 4.84. The molecule has 0 aliphatic rings. The second kappa shape index (κ2) is 6.16. The van der Waals surface area contributed by atoms with Crippen LogP contribution >= 0.6 is 11.8 Å². The number of rotatable bonds is 4. The summed E-state index contributed by atoms with van der Waals surface area (Å²) in [6.45, 7) is 2.27. The van der Waals surface area contributed by atoms with Crippen LogP contribution in [0.15, 0.2) is 17.1 Å². The molecule has 1 aromatic heterocycles. The van der Waals surface area contributed by atoms with Crippen LogP contribution in [0.2, 0.25) is 0 Å². The van der Waals surface area contributed by atoms with Crippen molar-refractivity contribution in [3.63, 3.8) is 0 Å². The van der Waals surface area contributed by atoms with E-state index in [0.717, 1.165) is 0 Å². The van der Waals surface area contributed by atoms with Crippen molar-refractivity contribution < 1.29 is 9.53 Å². The number of hydrogen-bond acceptors (Lipinski definition) is 5. The number of aromatic amines is 1. The van der Waals surface area contributed by atoms with E-state index in [4.69, 9.17) is 4.74 Å². The van der Waals surface area contributed by atoms with Crippen molar-refractivity contribution in [3.8, 4) is 0 Å². The molecule has 1 aromatic rings. The molecule has 1 amide bonds. The lowest BCUT2D eigenvalue weighted by atomic mass is 10.5. The Hall–Kier alpha value is -1.50. The Morgan fingerprint density at radius 2 is 2.50 bits per heavy atom. The van der Waals surface area contributed by atoms with Crippen LogP contribution in [0.3, 0.4) is 0 Å². The van der Waals surface area contributed by atoms with Gasteiger partial charge in [-0.05, 0) is 12.3 Å². The summed E-state index contributed by atoms with van der Waals surface area (Å²) in [4.78, 5) is 27.9. The maximum Gasteiger partial charge on any atom is 0.412 e. The minimum absolute atomic E-state index is 0.238. The number of H-pyrrole nitrogens is 1. The molecule has 0 saturated carbocycles. The normalized spacial score (nSPS) is 11.9. The summed E-state index contributed by atoms with van der Waals surface area (Å²) in [5, 5.41) is 2.63. The van der Waals surface area contributed by atoms with Gasteiger partial charge in [0.25, 0.3) is 0 Å². The van der Waals surface area contributed by atoms with Crippen LogP contribution in [0.4, 0.5) is 10.6 Å². The van der Waals surface area contributed by atoms with Crippen LogP contribution < -0.4 is 11.0 Å². The Morgan fingerprint density at radius 1 is 1.75 bits per heavy atom. The standard InChI is InChI=1S/C9H13N3O3S/c1-6(16-2)5-15-9(14)12-7-3-4-10-8(13)11-7/h3-4,6H,5H2,1-2H3,(H2,10,11,12,13,14). The molecule has 1 atom stereocenters. The van der Waals surface area contributed by atoms with Gasteiger partial charge in [-0.1, -0.05) is 6.92 Å². The molecule has 88 valence electrons. The summed E-state index contributed by atoms with van der Waals surface area (Å²) in [5.41, 5.74) is -0.518. The van der Waals surface area contributed by atoms with Crippen LogP contribution in [-0.4, -0.2) is 34.2 Å². The highest BCUT2D eigenvalue weighted by atomic mass is 32.2. The molecule has 6 nitrogen and oxygen atoms in total. The van der Waals surface area contributed by atoms with Gasteiger partial charge in [0.2, 0.25) is 0 Å². The number of amides is 1. The maximum atomic E-state index is 11.3. The number of nitrogens with zero attached hydrogens (tertiary/aromatic N) is 1. The molecule has 2 N–H and O–H groups in total. The van der Waals surface area contributed by atoms with E-state index in [2.05, 4.69) is 15.3 Å². The summed E-state index contributed by atoms with van der Waals surface area (Å²) < 4.78 is 4.93. The molecule has 0 aliphatic heterocycles. The summed E-state index contributed by atoms with van der Waals surface area (Å²) in [5.74, 6) is 0.266. The highest BCUT2D eigenvalue weighted by Gasteiger charge is 2.06. The van der Waals surface area contributed by atoms with E-state index >= 15 is 0 Å². The van der Waals surface area contributed by atoms with Gasteiger partial charge < -0.3 is 4.74 Å². The zero-order chi connectivity index (χ0) is 12.0. The second-order valence-corrected chi connectivity index (χ2v) is 4.33. The number of ether oxygens (including phenoxy) is 1. The third-order valence-electron chi connectivity index (χ3n) is 1.76.